The number of carbonyl (C=O) groups is 7. The lowest BCUT2D eigenvalue weighted by atomic mass is 10.1. The Hall–Kier alpha value is -4.19. The maximum absolute atomic E-state index is 12.4. The second-order valence-electron chi connectivity index (χ2n) is 11.5. The minimum absolute atomic E-state index is 0. The third kappa shape index (κ3) is 9.42. The number of hydrogen-bond acceptors (Lipinski definition) is 12. The maximum atomic E-state index is 12.4. The second kappa shape index (κ2) is 19.6. The molecular weight excluding hydrogens is 729 g/mol. The number of benzene rings is 2. The van der Waals surface area contributed by atoms with Gasteiger partial charge >= 0.3 is 5.97 Å². The van der Waals surface area contributed by atoms with E-state index in [2.05, 4.69) is 17.6 Å². The molecule has 6 rings (SSSR count). The van der Waals surface area contributed by atoms with Gasteiger partial charge in [-0.3, -0.25) is 38.6 Å². The number of nitrogens with two attached hydrogens (primary N) is 1. The minimum Gasteiger partial charge on any atom is -0.480 e. The molecule has 0 saturated carbocycles. The fraction of sp³-hybridized carbons (Fsp3) is 0.429. The van der Waals surface area contributed by atoms with Gasteiger partial charge in [0.1, 0.15) is 12.1 Å². The van der Waals surface area contributed by atoms with E-state index in [0.717, 1.165) is 15.6 Å². The molecule has 0 bridgehead atoms. The van der Waals surface area contributed by atoms with Gasteiger partial charge in [0.2, 0.25) is 11.8 Å². The molecule has 2 aromatic carbocycles. The Morgan fingerprint density at radius 1 is 0.846 bits per heavy atom. The largest absolute Gasteiger partial charge is 0.480 e. The fourth-order valence-corrected chi connectivity index (χ4v) is 7.49. The topological polar surface area (TPSA) is 191 Å². The summed E-state index contributed by atoms with van der Waals surface area (Å²) < 4.78 is 0. The molecule has 0 aliphatic carbocycles. The molecule has 4 heterocycles. The van der Waals surface area contributed by atoms with E-state index >= 15 is 0 Å². The Kier molecular flexibility index (Phi) is 16.6. The first-order valence-corrected chi connectivity index (χ1v) is 18.5. The number of aliphatic carboxylic acids is 1. The van der Waals surface area contributed by atoms with Crippen molar-refractivity contribution in [3.63, 3.8) is 0 Å². The number of imide groups is 2. The average molecular weight is 775 g/mol. The van der Waals surface area contributed by atoms with E-state index in [1.54, 1.807) is 97.1 Å². The number of amides is 6. The number of carboxylic acid groups (broad SMARTS) is 1. The van der Waals surface area contributed by atoms with Gasteiger partial charge in [0.05, 0.1) is 39.0 Å². The summed E-state index contributed by atoms with van der Waals surface area (Å²) in [5.74, 6) is -2.15. The summed E-state index contributed by atoms with van der Waals surface area (Å²) in [6.45, 7) is 5.83. The van der Waals surface area contributed by atoms with Crippen molar-refractivity contribution >= 4 is 83.8 Å². The summed E-state index contributed by atoms with van der Waals surface area (Å²) >= 11 is 7.15. The molecule has 282 valence electrons. The highest BCUT2D eigenvalue weighted by molar-refractivity contribution is 8.00. The summed E-state index contributed by atoms with van der Waals surface area (Å²) in [5, 5.41) is 9.30. The number of thiol groups is 1. The summed E-state index contributed by atoms with van der Waals surface area (Å²) in [6, 6.07) is 10.8. The number of carboxylic acids is 1. The van der Waals surface area contributed by atoms with Crippen molar-refractivity contribution < 1.29 is 38.7 Å². The highest BCUT2D eigenvalue weighted by Gasteiger charge is 2.46. The number of hydrogen-bond donors (Lipinski definition) is 3. The molecule has 14 nitrogen and oxygen atoms in total. The highest BCUT2D eigenvalue weighted by Crippen LogP contribution is 2.31. The van der Waals surface area contributed by atoms with E-state index in [9.17, 15) is 33.6 Å². The van der Waals surface area contributed by atoms with Gasteiger partial charge in [-0.1, -0.05) is 31.7 Å². The van der Waals surface area contributed by atoms with Gasteiger partial charge in [0.15, 0.2) is 0 Å². The van der Waals surface area contributed by atoms with E-state index in [1.807, 2.05) is 20.8 Å². The number of nitrogens with zero attached hydrogens (tertiary/aromatic N) is 5. The first kappa shape index (κ1) is 44.0. The number of likely N-dealkylation sites (N-methyl/N-ethyl adjacent to an activating group) is 2. The molecule has 2 aromatic rings. The van der Waals surface area contributed by atoms with Gasteiger partial charge in [0.25, 0.3) is 23.6 Å². The van der Waals surface area contributed by atoms with Crippen LogP contribution in [0, 0.1) is 0 Å². The van der Waals surface area contributed by atoms with E-state index in [-0.39, 0.29) is 64.7 Å². The molecule has 0 aromatic heterocycles. The molecule has 2 saturated heterocycles. The Morgan fingerprint density at radius 2 is 1.23 bits per heavy atom. The summed E-state index contributed by atoms with van der Waals surface area (Å²) in [7, 11) is 5.24. The van der Waals surface area contributed by atoms with Crippen molar-refractivity contribution in [2.75, 3.05) is 38.4 Å². The van der Waals surface area contributed by atoms with Crippen LogP contribution in [-0.2, 0) is 14.4 Å². The van der Waals surface area contributed by atoms with Crippen molar-refractivity contribution in [2.24, 2.45) is 10.7 Å². The van der Waals surface area contributed by atoms with Gasteiger partial charge in [-0.2, -0.15) is 12.6 Å². The first-order chi connectivity index (χ1) is 24.1. The molecule has 5 atom stereocenters. The monoisotopic (exact) mass is 774 g/mol. The quantitative estimate of drug-likeness (QED) is 0.235. The van der Waals surface area contributed by atoms with Gasteiger partial charge < -0.3 is 25.6 Å². The van der Waals surface area contributed by atoms with Crippen molar-refractivity contribution in [3.05, 3.63) is 70.8 Å². The van der Waals surface area contributed by atoms with Crippen LogP contribution in [-0.4, -0.2) is 140 Å². The normalized spacial score (nSPS) is 22.7. The Labute approximate surface area is 317 Å². The zero-order chi connectivity index (χ0) is 38.2. The third-order valence-corrected chi connectivity index (χ3v) is 11.4. The molecule has 3 N–H and O–H groups in total. The van der Waals surface area contributed by atoms with Crippen molar-refractivity contribution in [1.82, 2.24) is 19.6 Å². The molecular formula is C35H46N6O8S3. The lowest BCUT2D eigenvalue weighted by Crippen LogP contribution is -2.56. The van der Waals surface area contributed by atoms with Crippen molar-refractivity contribution in [2.45, 2.75) is 57.1 Å². The predicted octanol–water partition coefficient (Wildman–Crippen LogP) is 3.08. The lowest BCUT2D eigenvalue weighted by Gasteiger charge is -2.37. The number of thioether (sulfide) groups is 2. The van der Waals surface area contributed by atoms with Crippen LogP contribution >= 0.6 is 36.2 Å². The number of fused-ring (bicyclic) bond motifs is 2. The van der Waals surface area contributed by atoms with Crippen molar-refractivity contribution in [3.8, 4) is 0 Å². The number of carbonyl (C=O) groups excluding carboxylic acids is 6. The second-order valence-corrected chi connectivity index (χ2v) is 14.6. The Bertz CT molecular complexity index is 1630. The van der Waals surface area contributed by atoms with Gasteiger partial charge in [-0.25, -0.2) is 4.79 Å². The van der Waals surface area contributed by atoms with Crippen LogP contribution in [0.15, 0.2) is 53.5 Å². The van der Waals surface area contributed by atoms with Gasteiger partial charge in [0, 0.05) is 38.4 Å². The van der Waals surface area contributed by atoms with Crippen molar-refractivity contribution in [1.29, 1.82) is 0 Å². The van der Waals surface area contributed by atoms with Crippen LogP contribution in [0.3, 0.4) is 0 Å². The molecule has 0 radical (unpaired) electrons. The molecule has 17 heteroatoms. The molecule has 52 heavy (non-hydrogen) atoms. The Morgan fingerprint density at radius 3 is 1.60 bits per heavy atom. The van der Waals surface area contributed by atoms with Gasteiger partial charge in [-0.05, 0) is 51.3 Å². The molecule has 5 unspecified atom stereocenters. The number of aliphatic imine (C=N–C) groups is 1. The molecule has 2 fully saturated rings. The van der Waals surface area contributed by atoms with E-state index in [1.165, 1.54) is 12.1 Å². The fourth-order valence-electron chi connectivity index (χ4n) is 5.13. The third-order valence-electron chi connectivity index (χ3n) is 8.39. The van der Waals surface area contributed by atoms with E-state index < -0.39 is 29.9 Å². The van der Waals surface area contributed by atoms with Gasteiger partial charge in [-0.15, -0.1) is 23.5 Å². The van der Waals surface area contributed by atoms with Crippen LogP contribution in [0.4, 0.5) is 0 Å². The summed E-state index contributed by atoms with van der Waals surface area (Å²) in [4.78, 5) is 91.7. The highest BCUT2D eigenvalue weighted by atomic mass is 32.2. The number of rotatable bonds is 4. The van der Waals surface area contributed by atoms with Crippen LogP contribution in [0.1, 0.15) is 69.6 Å². The van der Waals surface area contributed by atoms with Crippen LogP contribution < -0.4 is 5.73 Å². The SMILES string of the molecule is C.CC1SCC(N)C(=O)N1C.CC1SCC(N2C(=O)c3ccccc3C2=O)C(=O)N1C.CC=NC.O=C(O)C(CS)N1C(=O)c2ccccc2C1=O. The molecule has 6 amide bonds. The zero-order valence-electron chi connectivity index (χ0n) is 29.1. The molecule has 0 spiro atoms. The van der Waals surface area contributed by atoms with Crippen LogP contribution in [0.5, 0.6) is 0 Å². The maximum Gasteiger partial charge on any atom is 0.327 e. The Balaban J connectivity index is 0.000000265. The molecule has 4 aliphatic rings. The minimum atomic E-state index is -1.24. The summed E-state index contributed by atoms with van der Waals surface area (Å²) in [5.41, 5.74) is 6.77. The smallest absolute Gasteiger partial charge is 0.327 e. The standard InChI is InChI=1S/C14H14N2O3S.C11H9NO4S.C6H12N2OS.C3H7N.CH4/c1-8-15(2)14(19)11(7-20-8)16-12(17)9-5-3-4-6-10(9)13(16)18;13-9-6-3-1-2-4-7(6)10(14)12(9)8(5-17)11(15)16;1-4-8(2)6(9)5(7)3-10-4;1-3-4-2;/h3-6,8,11H,7H2,1-2H3;1-4,8,17H,5H2,(H,15,16);4-5H,3,7H2,1-2H3;3H,1-2H3;1H4. The first-order valence-electron chi connectivity index (χ1n) is 15.8. The van der Waals surface area contributed by atoms with E-state index in [0.29, 0.717) is 16.9 Å². The average Bonchev–Trinajstić information content (AvgIpc) is 3.53. The zero-order valence-corrected chi connectivity index (χ0v) is 31.6. The summed E-state index contributed by atoms with van der Waals surface area (Å²) in [6.07, 6.45) is 1.75. The van der Waals surface area contributed by atoms with E-state index in [4.69, 9.17) is 10.8 Å². The van der Waals surface area contributed by atoms with Crippen LogP contribution in [0.2, 0.25) is 0 Å². The van der Waals surface area contributed by atoms with Crippen LogP contribution in [0.25, 0.3) is 0 Å². The predicted molar refractivity (Wildman–Crippen MR) is 207 cm³/mol. The lowest BCUT2D eigenvalue weighted by molar-refractivity contribution is -0.140. The molecule has 4 aliphatic heterocycles.